The molecular formula is C46H48Cl2N2O8. The van der Waals surface area contributed by atoms with Crippen molar-refractivity contribution in [3.63, 3.8) is 0 Å². The summed E-state index contributed by atoms with van der Waals surface area (Å²) in [4.78, 5) is 51.7. The van der Waals surface area contributed by atoms with Gasteiger partial charge >= 0.3 is 11.9 Å². The summed E-state index contributed by atoms with van der Waals surface area (Å²) in [5, 5.41) is 16.6. The lowest BCUT2D eigenvalue weighted by atomic mass is 9.94. The van der Waals surface area contributed by atoms with Crippen LogP contribution >= 0.6 is 23.2 Å². The van der Waals surface area contributed by atoms with Crippen LogP contribution in [0.25, 0.3) is 0 Å². The van der Waals surface area contributed by atoms with Crippen LogP contribution in [-0.2, 0) is 40.0 Å². The van der Waals surface area contributed by atoms with E-state index in [0.29, 0.717) is 39.9 Å². The Bertz CT molecular complexity index is 2200. The molecular weight excluding hydrogens is 779 g/mol. The fourth-order valence-corrected chi connectivity index (χ4v) is 8.61. The Morgan fingerprint density at radius 3 is 1.38 bits per heavy atom. The van der Waals surface area contributed by atoms with E-state index in [2.05, 4.69) is 10.6 Å². The van der Waals surface area contributed by atoms with Gasteiger partial charge in [0.1, 0.15) is 22.6 Å². The number of carboxylic acid groups (broad SMARTS) is 1. The summed E-state index contributed by atoms with van der Waals surface area (Å²) in [6.45, 7) is 5.73. The van der Waals surface area contributed by atoms with Gasteiger partial charge in [0.25, 0.3) is 11.8 Å². The van der Waals surface area contributed by atoms with Crippen molar-refractivity contribution in [2.45, 2.75) is 108 Å². The normalized spacial score (nSPS) is 17.3. The number of nitrogens with one attached hydrogen (secondary N) is 2. The van der Waals surface area contributed by atoms with Crippen molar-refractivity contribution < 1.29 is 38.5 Å². The highest BCUT2D eigenvalue weighted by atomic mass is 35.5. The predicted molar refractivity (Wildman–Crippen MR) is 221 cm³/mol. The molecule has 0 saturated heterocycles. The van der Waals surface area contributed by atoms with E-state index in [1.807, 2.05) is 62.4 Å². The average Bonchev–Trinajstić information content (AvgIpc) is 3.72. The molecule has 0 aromatic heterocycles. The molecule has 0 unspecified atom stereocenters. The van der Waals surface area contributed by atoms with Crippen molar-refractivity contribution >= 4 is 47.0 Å². The maximum atomic E-state index is 13.4. The van der Waals surface area contributed by atoms with Gasteiger partial charge in [-0.05, 0) is 117 Å². The number of carbonyl (C=O) groups is 4. The number of carboxylic acids is 1. The SMILES string of the molecule is CCOC(=O)C1(NC(=O)c2cc(Cl)cc(C)c2OC2CCC2)Cc2ccccc2C1.Cc1cc(Cl)cc(C(=O)NC2(C(=O)O)Cc3ccccc3C2)c1OC1CCC1. The van der Waals surface area contributed by atoms with Gasteiger partial charge in [0.05, 0.1) is 29.9 Å². The zero-order valence-corrected chi connectivity index (χ0v) is 34.4. The van der Waals surface area contributed by atoms with Crippen LogP contribution < -0.4 is 20.1 Å². The number of esters is 1. The van der Waals surface area contributed by atoms with Crippen molar-refractivity contribution in [2.24, 2.45) is 0 Å². The smallest absolute Gasteiger partial charge is 0.332 e. The first kappa shape index (κ1) is 41.1. The molecule has 4 aromatic carbocycles. The number of hydrogen-bond acceptors (Lipinski definition) is 7. The van der Waals surface area contributed by atoms with E-state index in [9.17, 15) is 24.3 Å². The number of halogens is 2. The molecule has 2 fully saturated rings. The molecule has 12 heteroatoms. The Morgan fingerprint density at radius 1 is 0.655 bits per heavy atom. The summed E-state index contributed by atoms with van der Waals surface area (Å²) < 4.78 is 17.5. The topological polar surface area (TPSA) is 140 Å². The second-order valence-corrected chi connectivity index (χ2v) is 16.8. The molecule has 4 aliphatic carbocycles. The van der Waals surface area contributed by atoms with Crippen LogP contribution in [0.2, 0.25) is 10.0 Å². The van der Waals surface area contributed by atoms with Gasteiger partial charge < -0.3 is 30.0 Å². The van der Waals surface area contributed by atoms with Crippen LogP contribution in [0.15, 0.2) is 72.8 Å². The second-order valence-electron chi connectivity index (χ2n) is 15.9. The monoisotopic (exact) mass is 826 g/mol. The molecule has 4 aliphatic rings. The number of amides is 2. The first-order valence-electron chi connectivity index (χ1n) is 19.9. The fraction of sp³-hybridized carbons (Fsp3) is 0.391. The van der Waals surface area contributed by atoms with Crippen LogP contribution in [0, 0.1) is 13.8 Å². The second kappa shape index (κ2) is 17.0. The molecule has 0 aliphatic heterocycles. The van der Waals surface area contributed by atoms with Crippen LogP contribution in [-0.4, -0.2) is 58.8 Å². The number of carbonyl (C=O) groups excluding carboxylic acids is 3. The maximum Gasteiger partial charge on any atom is 0.332 e. The molecule has 3 N–H and O–H groups in total. The number of hydrogen-bond donors (Lipinski definition) is 3. The summed E-state index contributed by atoms with van der Waals surface area (Å²) in [7, 11) is 0. The van der Waals surface area contributed by atoms with Gasteiger partial charge in [-0.2, -0.15) is 0 Å². The Morgan fingerprint density at radius 2 is 1.03 bits per heavy atom. The molecule has 4 aromatic rings. The lowest BCUT2D eigenvalue weighted by Gasteiger charge is -2.30. The molecule has 0 heterocycles. The molecule has 10 nitrogen and oxygen atoms in total. The highest BCUT2D eigenvalue weighted by molar-refractivity contribution is 6.31. The lowest BCUT2D eigenvalue weighted by Crippen LogP contribution is -2.56. The number of rotatable bonds is 11. The highest BCUT2D eigenvalue weighted by Crippen LogP contribution is 2.37. The van der Waals surface area contributed by atoms with E-state index in [-0.39, 0.29) is 43.1 Å². The number of fused-ring (bicyclic) bond motifs is 2. The first-order valence-corrected chi connectivity index (χ1v) is 20.7. The van der Waals surface area contributed by atoms with Gasteiger partial charge in [-0.1, -0.05) is 71.7 Å². The number of ether oxygens (including phenoxy) is 3. The Labute approximate surface area is 348 Å². The standard InChI is InChI=1S/C24H26ClNO4.C22H22ClNO4/c1-3-29-23(28)24(13-16-7-4-5-8-17(16)14-24)26-22(27)20-12-18(25)11-15(2)21(20)30-19-9-6-10-19;1-13-9-16(23)10-18(19(13)28-17-7-4-8-17)20(25)24-22(21(26)27)11-14-5-2-3-6-15(14)12-22/h4-5,7-8,11-12,19H,3,6,9-10,13-14H2,1-2H3,(H,26,27);2-3,5-6,9-10,17H,4,7-8,11-12H2,1H3,(H,24,25)(H,26,27). The number of benzene rings is 4. The molecule has 58 heavy (non-hydrogen) atoms. The van der Waals surface area contributed by atoms with Crippen molar-refractivity contribution in [3.05, 3.63) is 127 Å². The molecule has 2 saturated carbocycles. The van der Waals surface area contributed by atoms with E-state index in [4.69, 9.17) is 37.4 Å². The van der Waals surface area contributed by atoms with E-state index >= 15 is 0 Å². The quantitative estimate of drug-likeness (QED) is 0.128. The van der Waals surface area contributed by atoms with Gasteiger partial charge in [-0.25, -0.2) is 9.59 Å². The summed E-state index contributed by atoms with van der Waals surface area (Å²) in [5.74, 6) is -1.29. The zero-order valence-electron chi connectivity index (χ0n) is 32.9. The molecule has 8 rings (SSSR count). The van der Waals surface area contributed by atoms with Gasteiger partial charge in [0.2, 0.25) is 0 Å². The van der Waals surface area contributed by atoms with Crippen molar-refractivity contribution in [1.82, 2.24) is 10.6 Å². The largest absolute Gasteiger partial charge is 0.489 e. The van der Waals surface area contributed by atoms with E-state index in [0.717, 1.165) is 71.9 Å². The van der Waals surface area contributed by atoms with E-state index in [1.54, 1.807) is 31.2 Å². The Kier molecular flexibility index (Phi) is 12.1. The average molecular weight is 828 g/mol. The molecule has 0 spiro atoms. The van der Waals surface area contributed by atoms with Gasteiger partial charge in [-0.3, -0.25) is 9.59 Å². The number of aliphatic carboxylic acids is 1. The summed E-state index contributed by atoms with van der Waals surface area (Å²) in [6.07, 6.45) is 7.61. The van der Waals surface area contributed by atoms with Gasteiger partial charge in [-0.15, -0.1) is 0 Å². The van der Waals surface area contributed by atoms with E-state index < -0.39 is 28.9 Å². The minimum absolute atomic E-state index is 0.0931. The Hall–Kier alpha value is -5.06. The number of aryl methyl sites for hydroxylation is 2. The van der Waals surface area contributed by atoms with Crippen molar-refractivity contribution in [1.29, 1.82) is 0 Å². The third-order valence-electron chi connectivity index (χ3n) is 11.6. The highest BCUT2D eigenvalue weighted by Gasteiger charge is 2.48. The maximum absolute atomic E-state index is 13.4. The van der Waals surface area contributed by atoms with Crippen molar-refractivity contribution in [2.75, 3.05) is 6.61 Å². The first-order chi connectivity index (χ1) is 27.8. The van der Waals surface area contributed by atoms with Crippen LogP contribution in [0.3, 0.4) is 0 Å². The minimum Gasteiger partial charge on any atom is -0.489 e. The molecule has 0 bridgehead atoms. The molecule has 2 amide bonds. The molecule has 304 valence electrons. The minimum atomic E-state index is -1.37. The summed E-state index contributed by atoms with van der Waals surface area (Å²) in [6, 6.07) is 22.1. The van der Waals surface area contributed by atoms with Gasteiger partial charge in [0.15, 0.2) is 0 Å². The summed E-state index contributed by atoms with van der Waals surface area (Å²) in [5.41, 5.74) is 3.67. The molecule has 0 radical (unpaired) electrons. The predicted octanol–water partition coefficient (Wildman–Crippen LogP) is 8.34. The van der Waals surface area contributed by atoms with Gasteiger partial charge in [0, 0.05) is 35.7 Å². The lowest BCUT2D eigenvalue weighted by molar-refractivity contribution is -0.150. The Balaban J connectivity index is 0.000000177. The van der Waals surface area contributed by atoms with Crippen LogP contribution in [0.5, 0.6) is 11.5 Å². The van der Waals surface area contributed by atoms with Crippen molar-refractivity contribution in [3.8, 4) is 11.5 Å². The van der Waals surface area contributed by atoms with E-state index in [1.165, 1.54) is 0 Å². The fourth-order valence-electron chi connectivity index (χ4n) is 8.07. The molecule has 0 atom stereocenters. The third-order valence-corrected chi connectivity index (χ3v) is 12.1. The summed E-state index contributed by atoms with van der Waals surface area (Å²) >= 11 is 12.4. The zero-order chi connectivity index (χ0) is 41.2. The van der Waals surface area contributed by atoms with Crippen LogP contribution in [0.1, 0.15) is 99.5 Å². The van der Waals surface area contributed by atoms with Crippen LogP contribution in [0.4, 0.5) is 0 Å². The third kappa shape index (κ3) is 8.54.